The molecule has 34 heavy (non-hydrogen) atoms. The minimum Gasteiger partial charge on any atom is -0.497 e. The molecule has 0 aliphatic heterocycles. The lowest BCUT2D eigenvalue weighted by Gasteiger charge is -2.08. The van der Waals surface area contributed by atoms with E-state index in [0.717, 1.165) is 5.56 Å². The zero-order chi connectivity index (χ0) is 24.0. The molecular weight excluding hydrogens is 458 g/mol. The summed E-state index contributed by atoms with van der Waals surface area (Å²) < 4.78 is 37.0. The Morgan fingerprint density at radius 3 is 2.65 bits per heavy atom. The largest absolute Gasteiger partial charge is 0.497 e. The predicted octanol–water partition coefficient (Wildman–Crippen LogP) is 2.16. The van der Waals surface area contributed by atoms with Gasteiger partial charge in [0.1, 0.15) is 12.4 Å². The van der Waals surface area contributed by atoms with Crippen molar-refractivity contribution in [2.75, 3.05) is 26.0 Å². The highest BCUT2D eigenvalue weighted by atomic mass is 32.2. The van der Waals surface area contributed by atoms with E-state index in [1.165, 1.54) is 12.1 Å². The number of carbonyl (C=O) groups is 1. The van der Waals surface area contributed by atoms with Gasteiger partial charge in [0.05, 0.1) is 24.3 Å². The second kappa shape index (κ2) is 10.3. The Morgan fingerprint density at radius 2 is 1.85 bits per heavy atom. The van der Waals surface area contributed by atoms with Crippen LogP contribution in [0.2, 0.25) is 0 Å². The van der Waals surface area contributed by atoms with E-state index in [2.05, 4.69) is 20.6 Å². The summed E-state index contributed by atoms with van der Waals surface area (Å²) in [6.07, 6.45) is -0.133. The molecule has 0 unspecified atom stereocenters. The van der Waals surface area contributed by atoms with Crippen LogP contribution in [0.25, 0.3) is 17.0 Å². The minimum absolute atomic E-state index is 0.133. The normalized spacial score (nSPS) is 11.3. The molecule has 11 heteroatoms. The molecule has 0 aliphatic carbocycles. The van der Waals surface area contributed by atoms with Crippen molar-refractivity contribution >= 4 is 21.4 Å². The van der Waals surface area contributed by atoms with E-state index in [0.29, 0.717) is 23.1 Å². The third kappa shape index (κ3) is 5.49. The molecule has 0 fully saturated rings. The van der Waals surface area contributed by atoms with Gasteiger partial charge in [-0.05, 0) is 30.3 Å². The number of fused-ring (bicyclic) bond motifs is 1. The first-order chi connectivity index (χ1) is 16.5. The topological polar surface area (TPSA) is 125 Å². The summed E-state index contributed by atoms with van der Waals surface area (Å²) in [6, 6.07) is 18.8. The average Bonchev–Trinajstić information content (AvgIpc) is 3.29. The van der Waals surface area contributed by atoms with Gasteiger partial charge in [0.15, 0.2) is 21.3 Å². The molecule has 2 heterocycles. The zero-order valence-corrected chi connectivity index (χ0v) is 19.2. The molecule has 2 aromatic carbocycles. The van der Waals surface area contributed by atoms with Crippen molar-refractivity contribution in [2.45, 2.75) is 11.3 Å². The average molecular weight is 482 g/mol. The van der Waals surface area contributed by atoms with E-state index in [1.54, 1.807) is 42.0 Å². The Bertz CT molecular complexity index is 1390. The first-order valence-corrected chi connectivity index (χ1v) is 12.2. The molecule has 176 valence electrons. The quantitative estimate of drug-likeness (QED) is 0.342. The number of ether oxygens (including phenoxy) is 2. The van der Waals surface area contributed by atoms with Crippen LogP contribution in [0, 0.1) is 0 Å². The Balaban J connectivity index is 1.30. The Hall–Kier alpha value is -3.99. The number of nitrogens with one attached hydrogen (secondary N) is 1. The Kier molecular flexibility index (Phi) is 7.02. The molecule has 0 radical (unpaired) electrons. The summed E-state index contributed by atoms with van der Waals surface area (Å²) in [5, 5.41) is 15.4. The van der Waals surface area contributed by atoms with Crippen LogP contribution in [0.5, 0.6) is 11.6 Å². The summed E-state index contributed by atoms with van der Waals surface area (Å²) in [5.41, 5.74) is 1.34. The molecule has 1 amide bonds. The van der Waals surface area contributed by atoms with Crippen molar-refractivity contribution in [2.24, 2.45) is 0 Å². The zero-order valence-electron chi connectivity index (χ0n) is 18.4. The highest BCUT2D eigenvalue weighted by molar-refractivity contribution is 7.91. The smallest absolute Gasteiger partial charge is 0.231 e. The number of carbonyl (C=O) groups excluding carboxylic acids is 1. The van der Waals surface area contributed by atoms with Gasteiger partial charge < -0.3 is 14.8 Å². The maximum absolute atomic E-state index is 12.3. The van der Waals surface area contributed by atoms with Gasteiger partial charge in [0, 0.05) is 18.1 Å². The fourth-order valence-corrected chi connectivity index (χ4v) is 4.46. The highest BCUT2D eigenvalue weighted by Crippen LogP contribution is 2.23. The second-order valence-corrected chi connectivity index (χ2v) is 9.39. The van der Waals surface area contributed by atoms with Crippen molar-refractivity contribution < 1.29 is 22.7 Å². The molecule has 2 aromatic heterocycles. The third-order valence-electron chi connectivity index (χ3n) is 4.94. The van der Waals surface area contributed by atoms with Crippen molar-refractivity contribution in [1.82, 2.24) is 25.1 Å². The second-order valence-electron chi connectivity index (χ2n) is 7.28. The number of methoxy groups -OCH3 is 1. The maximum atomic E-state index is 12.3. The fraction of sp³-hybridized carbons (Fsp3) is 0.217. The van der Waals surface area contributed by atoms with Crippen LogP contribution in [0.3, 0.4) is 0 Å². The lowest BCUT2D eigenvalue weighted by molar-refractivity contribution is -0.120. The summed E-state index contributed by atoms with van der Waals surface area (Å²) in [4.78, 5) is 12.3. The summed E-state index contributed by atoms with van der Waals surface area (Å²) >= 11 is 0. The van der Waals surface area contributed by atoms with Gasteiger partial charge in [-0.2, -0.15) is 4.52 Å². The van der Waals surface area contributed by atoms with Gasteiger partial charge in [0.2, 0.25) is 11.8 Å². The van der Waals surface area contributed by atoms with Gasteiger partial charge in [0.25, 0.3) is 0 Å². The van der Waals surface area contributed by atoms with E-state index in [1.807, 2.05) is 24.3 Å². The lowest BCUT2D eigenvalue weighted by Crippen LogP contribution is -2.29. The van der Waals surface area contributed by atoms with Crippen LogP contribution in [-0.2, 0) is 14.6 Å². The van der Waals surface area contributed by atoms with E-state index in [4.69, 9.17) is 9.47 Å². The highest BCUT2D eigenvalue weighted by Gasteiger charge is 2.16. The first kappa shape index (κ1) is 23.2. The first-order valence-electron chi connectivity index (χ1n) is 10.5. The van der Waals surface area contributed by atoms with E-state index < -0.39 is 9.84 Å². The van der Waals surface area contributed by atoms with Crippen LogP contribution in [0.1, 0.15) is 6.42 Å². The molecule has 0 saturated heterocycles. The number of hydrogen-bond donors (Lipinski definition) is 1. The molecule has 4 aromatic rings. The SMILES string of the molecule is COc1cccc(-c2nnc3ccc(OCCNC(=O)CCS(=O)(=O)c4ccccc4)nn23)c1. The summed E-state index contributed by atoms with van der Waals surface area (Å²) in [6.45, 7) is 0.362. The van der Waals surface area contributed by atoms with Gasteiger partial charge in [-0.15, -0.1) is 15.3 Å². The standard InChI is InChI=1S/C23H23N5O5S/c1-32-18-7-5-6-17(16-18)23-26-25-20-10-11-22(27-28(20)23)33-14-13-24-21(29)12-15-34(30,31)19-8-3-2-4-9-19/h2-11,16H,12-15H2,1H3,(H,24,29). The molecule has 0 bridgehead atoms. The van der Waals surface area contributed by atoms with E-state index >= 15 is 0 Å². The van der Waals surface area contributed by atoms with Crippen LogP contribution in [0.15, 0.2) is 71.6 Å². The number of nitrogens with zero attached hydrogens (tertiary/aromatic N) is 4. The number of rotatable bonds is 10. The minimum atomic E-state index is -3.50. The number of sulfone groups is 1. The monoisotopic (exact) mass is 481 g/mol. The molecular formula is C23H23N5O5S. The molecule has 0 atom stereocenters. The Morgan fingerprint density at radius 1 is 1.03 bits per heavy atom. The molecule has 4 rings (SSSR count). The fourth-order valence-electron chi connectivity index (χ4n) is 3.20. The predicted molar refractivity (Wildman–Crippen MR) is 124 cm³/mol. The summed E-state index contributed by atoms with van der Waals surface area (Å²) in [5.74, 6) is 0.923. The van der Waals surface area contributed by atoms with Crippen LogP contribution in [-0.4, -0.2) is 60.2 Å². The van der Waals surface area contributed by atoms with Crippen LogP contribution in [0.4, 0.5) is 0 Å². The molecule has 0 saturated carbocycles. The molecule has 1 N–H and O–H groups in total. The molecule has 0 aliphatic rings. The van der Waals surface area contributed by atoms with Gasteiger partial charge >= 0.3 is 0 Å². The van der Waals surface area contributed by atoms with Crippen molar-refractivity contribution in [3.8, 4) is 23.0 Å². The van der Waals surface area contributed by atoms with Gasteiger partial charge in [-0.3, -0.25) is 4.79 Å². The maximum Gasteiger partial charge on any atom is 0.231 e. The molecule has 0 spiro atoms. The number of aromatic nitrogens is 4. The third-order valence-corrected chi connectivity index (χ3v) is 6.67. The van der Waals surface area contributed by atoms with E-state index in [9.17, 15) is 13.2 Å². The van der Waals surface area contributed by atoms with Gasteiger partial charge in [-0.1, -0.05) is 30.3 Å². The number of hydrogen-bond acceptors (Lipinski definition) is 8. The van der Waals surface area contributed by atoms with Crippen molar-refractivity contribution in [3.05, 3.63) is 66.7 Å². The molecule has 10 nitrogen and oxygen atoms in total. The lowest BCUT2D eigenvalue weighted by atomic mass is 10.2. The number of benzene rings is 2. The van der Waals surface area contributed by atoms with Crippen molar-refractivity contribution in [3.63, 3.8) is 0 Å². The van der Waals surface area contributed by atoms with Crippen LogP contribution >= 0.6 is 0 Å². The van der Waals surface area contributed by atoms with E-state index in [-0.39, 0.29) is 36.1 Å². The summed E-state index contributed by atoms with van der Waals surface area (Å²) in [7, 11) is -1.91. The van der Waals surface area contributed by atoms with Gasteiger partial charge in [-0.25, -0.2) is 8.42 Å². The number of amides is 1. The Labute approximate surface area is 196 Å². The van der Waals surface area contributed by atoms with Crippen LogP contribution < -0.4 is 14.8 Å². The van der Waals surface area contributed by atoms with Crippen molar-refractivity contribution in [1.29, 1.82) is 0 Å².